The Morgan fingerprint density at radius 3 is 2.31 bits per heavy atom. The molecule has 16 heavy (non-hydrogen) atoms. The van der Waals surface area contributed by atoms with Gasteiger partial charge in [0.1, 0.15) is 5.75 Å². The van der Waals surface area contributed by atoms with Crippen molar-refractivity contribution in [2.45, 2.75) is 6.92 Å². The van der Waals surface area contributed by atoms with E-state index >= 15 is 0 Å². The first-order chi connectivity index (χ1) is 7.58. The molecule has 2 nitrogen and oxygen atoms in total. The number of benzene rings is 2. The number of rotatable bonds is 1. The lowest BCUT2D eigenvalue weighted by Crippen LogP contribution is -1.86. The normalized spacial score (nSPS) is 10.4. The van der Waals surface area contributed by atoms with Crippen LogP contribution in [-0.4, -0.2) is 5.11 Å². The largest absolute Gasteiger partial charge is 0.506 e. The molecule has 0 aromatic heterocycles. The van der Waals surface area contributed by atoms with Gasteiger partial charge in [-0.2, -0.15) is 0 Å². The summed E-state index contributed by atoms with van der Waals surface area (Å²) < 4.78 is 0. The molecule has 0 unspecified atom stereocenters. The molecule has 2 rings (SSSR count). The van der Waals surface area contributed by atoms with E-state index in [4.69, 9.17) is 17.3 Å². The molecule has 0 saturated carbocycles. The zero-order chi connectivity index (χ0) is 11.7. The average molecular weight is 234 g/mol. The number of anilines is 1. The molecule has 82 valence electrons. The Bertz CT molecular complexity index is 488. The summed E-state index contributed by atoms with van der Waals surface area (Å²) in [5, 5.41) is 10.2. The third kappa shape index (κ3) is 1.97. The molecule has 0 radical (unpaired) electrons. The van der Waals surface area contributed by atoms with Gasteiger partial charge in [0.2, 0.25) is 0 Å². The highest BCUT2D eigenvalue weighted by molar-refractivity contribution is 6.31. The van der Waals surface area contributed by atoms with Gasteiger partial charge >= 0.3 is 0 Å². The van der Waals surface area contributed by atoms with E-state index in [1.807, 2.05) is 31.2 Å². The van der Waals surface area contributed by atoms with Crippen molar-refractivity contribution in [1.82, 2.24) is 0 Å². The van der Waals surface area contributed by atoms with Crippen LogP contribution in [-0.2, 0) is 0 Å². The van der Waals surface area contributed by atoms with Crippen molar-refractivity contribution < 1.29 is 5.11 Å². The molecule has 0 heterocycles. The van der Waals surface area contributed by atoms with Crippen molar-refractivity contribution in [2.75, 3.05) is 5.73 Å². The Morgan fingerprint density at radius 1 is 1.06 bits per heavy atom. The maximum Gasteiger partial charge on any atom is 0.139 e. The molecule has 0 amide bonds. The minimum atomic E-state index is 0.0918. The zero-order valence-corrected chi connectivity index (χ0v) is 9.62. The van der Waals surface area contributed by atoms with Crippen LogP contribution >= 0.6 is 11.6 Å². The van der Waals surface area contributed by atoms with Crippen LogP contribution in [0.15, 0.2) is 36.4 Å². The summed E-state index contributed by atoms with van der Waals surface area (Å²) in [6.07, 6.45) is 0. The lowest BCUT2D eigenvalue weighted by atomic mass is 10.0. The zero-order valence-electron chi connectivity index (χ0n) is 8.87. The summed E-state index contributed by atoms with van der Waals surface area (Å²) in [7, 11) is 0. The fourth-order valence-corrected chi connectivity index (χ4v) is 1.68. The molecule has 0 aliphatic carbocycles. The van der Waals surface area contributed by atoms with Crippen molar-refractivity contribution in [3.05, 3.63) is 47.0 Å². The topological polar surface area (TPSA) is 46.2 Å². The fourth-order valence-electron chi connectivity index (χ4n) is 1.50. The smallest absolute Gasteiger partial charge is 0.139 e. The van der Waals surface area contributed by atoms with Crippen LogP contribution in [0, 0.1) is 6.92 Å². The van der Waals surface area contributed by atoms with Crippen LogP contribution in [0.4, 0.5) is 5.69 Å². The van der Waals surface area contributed by atoms with Gasteiger partial charge in [-0.25, -0.2) is 0 Å². The van der Waals surface area contributed by atoms with Gasteiger partial charge in [-0.3, -0.25) is 0 Å². The third-order valence-electron chi connectivity index (χ3n) is 2.54. The van der Waals surface area contributed by atoms with Crippen molar-refractivity contribution in [1.29, 1.82) is 0 Å². The maximum atomic E-state index is 9.53. The molecule has 0 atom stereocenters. The number of phenols is 1. The van der Waals surface area contributed by atoms with Gasteiger partial charge < -0.3 is 10.8 Å². The first-order valence-electron chi connectivity index (χ1n) is 4.93. The van der Waals surface area contributed by atoms with Crippen LogP contribution in [0.5, 0.6) is 5.75 Å². The Kier molecular flexibility index (Phi) is 2.75. The summed E-state index contributed by atoms with van der Waals surface area (Å²) in [5.41, 5.74) is 8.81. The molecule has 0 fully saturated rings. The van der Waals surface area contributed by atoms with Gasteiger partial charge in [0.05, 0.1) is 5.69 Å². The van der Waals surface area contributed by atoms with Gasteiger partial charge in [-0.05, 0) is 41.8 Å². The van der Waals surface area contributed by atoms with E-state index in [2.05, 4.69) is 0 Å². The van der Waals surface area contributed by atoms with Crippen LogP contribution in [0.1, 0.15) is 5.56 Å². The average Bonchev–Trinajstić information content (AvgIpc) is 2.26. The summed E-state index contributed by atoms with van der Waals surface area (Å²) in [6, 6.07) is 11.0. The summed E-state index contributed by atoms with van der Waals surface area (Å²) in [5.74, 6) is 0.0918. The SMILES string of the molecule is Cc1ccc(-c2ccc(N)c(O)c2)cc1Cl. The second kappa shape index (κ2) is 4.06. The van der Waals surface area contributed by atoms with Crippen molar-refractivity contribution >= 4 is 17.3 Å². The van der Waals surface area contributed by atoms with E-state index in [-0.39, 0.29) is 5.75 Å². The number of hydrogen-bond donors (Lipinski definition) is 2. The Hall–Kier alpha value is -1.67. The van der Waals surface area contributed by atoms with E-state index in [0.717, 1.165) is 16.7 Å². The number of aryl methyl sites for hydroxylation is 1. The molecule has 2 aromatic carbocycles. The second-order valence-corrected chi connectivity index (χ2v) is 4.14. The quantitative estimate of drug-likeness (QED) is 0.584. The summed E-state index contributed by atoms with van der Waals surface area (Å²) in [4.78, 5) is 0. The standard InChI is InChI=1S/C13H12ClNO/c1-8-2-3-9(6-11(8)14)10-4-5-12(15)13(16)7-10/h2-7,16H,15H2,1H3. The predicted molar refractivity (Wildman–Crippen MR) is 67.7 cm³/mol. The lowest BCUT2D eigenvalue weighted by molar-refractivity contribution is 0.478. The Balaban J connectivity index is 2.50. The van der Waals surface area contributed by atoms with E-state index in [1.165, 1.54) is 0 Å². The van der Waals surface area contributed by atoms with Crippen LogP contribution in [0.25, 0.3) is 11.1 Å². The Morgan fingerprint density at radius 2 is 1.69 bits per heavy atom. The first-order valence-corrected chi connectivity index (χ1v) is 5.31. The van der Waals surface area contributed by atoms with Gasteiger partial charge in [0.15, 0.2) is 0 Å². The number of nitrogen functional groups attached to an aromatic ring is 1. The number of phenolic OH excluding ortho intramolecular Hbond substituents is 1. The molecule has 0 spiro atoms. The van der Waals surface area contributed by atoms with Crippen LogP contribution in [0.2, 0.25) is 5.02 Å². The van der Waals surface area contributed by atoms with E-state index < -0.39 is 0 Å². The number of halogens is 1. The molecule has 2 aromatic rings. The van der Waals surface area contributed by atoms with E-state index in [9.17, 15) is 5.11 Å². The highest BCUT2D eigenvalue weighted by atomic mass is 35.5. The molecular formula is C13H12ClNO. The number of nitrogens with two attached hydrogens (primary N) is 1. The molecular weight excluding hydrogens is 222 g/mol. The van der Waals surface area contributed by atoms with E-state index in [0.29, 0.717) is 10.7 Å². The second-order valence-electron chi connectivity index (χ2n) is 3.74. The maximum absolute atomic E-state index is 9.53. The summed E-state index contributed by atoms with van der Waals surface area (Å²) >= 11 is 6.05. The predicted octanol–water partition coefficient (Wildman–Crippen LogP) is 3.60. The molecule has 0 bridgehead atoms. The van der Waals surface area contributed by atoms with Crippen LogP contribution < -0.4 is 5.73 Å². The van der Waals surface area contributed by atoms with Gasteiger partial charge in [-0.1, -0.05) is 29.8 Å². The van der Waals surface area contributed by atoms with Crippen molar-refractivity contribution in [3.8, 4) is 16.9 Å². The molecule has 3 N–H and O–H groups in total. The van der Waals surface area contributed by atoms with Gasteiger partial charge in [0.25, 0.3) is 0 Å². The number of hydrogen-bond acceptors (Lipinski definition) is 2. The third-order valence-corrected chi connectivity index (χ3v) is 2.94. The molecule has 0 aliphatic rings. The van der Waals surface area contributed by atoms with Gasteiger partial charge in [-0.15, -0.1) is 0 Å². The van der Waals surface area contributed by atoms with Crippen molar-refractivity contribution in [3.63, 3.8) is 0 Å². The van der Waals surface area contributed by atoms with Gasteiger partial charge in [0, 0.05) is 5.02 Å². The van der Waals surface area contributed by atoms with E-state index in [1.54, 1.807) is 12.1 Å². The summed E-state index contributed by atoms with van der Waals surface area (Å²) in [6.45, 7) is 1.95. The molecule has 0 saturated heterocycles. The highest BCUT2D eigenvalue weighted by Crippen LogP contribution is 2.30. The minimum absolute atomic E-state index is 0.0918. The molecule has 0 aliphatic heterocycles. The monoisotopic (exact) mass is 233 g/mol. The Labute approximate surface area is 99.3 Å². The number of aromatic hydroxyl groups is 1. The fraction of sp³-hybridized carbons (Fsp3) is 0.0769. The first kappa shape index (κ1) is 10.8. The molecule has 3 heteroatoms. The lowest BCUT2D eigenvalue weighted by Gasteiger charge is -2.06. The van der Waals surface area contributed by atoms with Crippen molar-refractivity contribution in [2.24, 2.45) is 0 Å². The minimum Gasteiger partial charge on any atom is -0.506 e. The highest BCUT2D eigenvalue weighted by Gasteiger charge is 2.03. The van der Waals surface area contributed by atoms with Crippen LogP contribution in [0.3, 0.4) is 0 Å².